The van der Waals surface area contributed by atoms with Crippen LogP contribution in [0.25, 0.3) is 0 Å². The van der Waals surface area contributed by atoms with Gasteiger partial charge in [0.25, 0.3) is 0 Å². The summed E-state index contributed by atoms with van der Waals surface area (Å²) in [6, 6.07) is 0.837. The van der Waals surface area contributed by atoms with Crippen LogP contribution in [0.4, 0.5) is 0 Å². The van der Waals surface area contributed by atoms with Crippen molar-refractivity contribution in [2.75, 3.05) is 5.75 Å². The van der Waals surface area contributed by atoms with Gasteiger partial charge in [-0.15, -0.1) is 0 Å². The topological polar surface area (TPSA) is 52.0 Å². The van der Waals surface area contributed by atoms with Gasteiger partial charge in [-0.1, -0.05) is 0 Å². The third-order valence-corrected chi connectivity index (χ3v) is 4.06. The van der Waals surface area contributed by atoms with E-state index >= 15 is 0 Å². The van der Waals surface area contributed by atoms with Crippen molar-refractivity contribution in [2.45, 2.75) is 56.4 Å². The third-order valence-electron chi connectivity index (χ3n) is 2.65. The first-order valence-electron chi connectivity index (χ1n) is 5.31. The molecule has 0 radical (unpaired) electrons. The molecular formula is C10H22N2S. The SMILES string of the molecule is CC(N)CCSC1CCC(N)CC1. The highest BCUT2D eigenvalue weighted by Crippen LogP contribution is 2.28. The lowest BCUT2D eigenvalue weighted by atomic mass is 9.96. The van der Waals surface area contributed by atoms with Crippen molar-refractivity contribution >= 4 is 11.8 Å². The van der Waals surface area contributed by atoms with Gasteiger partial charge in [-0.3, -0.25) is 0 Å². The van der Waals surface area contributed by atoms with Gasteiger partial charge < -0.3 is 11.5 Å². The highest BCUT2D eigenvalue weighted by atomic mass is 32.2. The lowest BCUT2D eigenvalue weighted by Gasteiger charge is -2.25. The van der Waals surface area contributed by atoms with E-state index in [4.69, 9.17) is 11.5 Å². The van der Waals surface area contributed by atoms with E-state index in [1.165, 1.54) is 31.4 Å². The van der Waals surface area contributed by atoms with Gasteiger partial charge in [0.1, 0.15) is 0 Å². The first-order chi connectivity index (χ1) is 6.18. The number of thioether (sulfide) groups is 1. The summed E-state index contributed by atoms with van der Waals surface area (Å²) in [5, 5.41) is 0.860. The average molecular weight is 202 g/mol. The van der Waals surface area contributed by atoms with E-state index < -0.39 is 0 Å². The minimum Gasteiger partial charge on any atom is -0.328 e. The van der Waals surface area contributed by atoms with Gasteiger partial charge in [0.15, 0.2) is 0 Å². The van der Waals surface area contributed by atoms with Crippen LogP contribution in [0, 0.1) is 0 Å². The number of rotatable bonds is 4. The number of hydrogen-bond acceptors (Lipinski definition) is 3. The average Bonchev–Trinajstić information content (AvgIpc) is 2.08. The van der Waals surface area contributed by atoms with E-state index in [2.05, 4.69) is 18.7 Å². The standard InChI is InChI=1S/C10H22N2S/c1-8(11)6-7-13-10-4-2-9(12)3-5-10/h8-10H,2-7,11-12H2,1H3. The summed E-state index contributed by atoms with van der Waals surface area (Å²) >= 11 is 2.09. The zero-order chi connectivity index (χ0) is 9.68. The summed E-state index contributed by atoms with van der Waals surface area (Å²) in [7, 11) is 0. The van der Waals surface area contributed by atoms with Gasteiger partial charge in [0, 0.05) is 17.3 Å². The highest BCUT2D eigenvalue weighted by Gasteiger charge is 2.18. The molecule has 78 valence electrons. The Balaban J connectivity index is 2.02. The first kappa shape index (κ1) is 11.3. The van der Waals surface area contributed by atoms with Crippen LogP contribution in [0.2, 0.25) is 0 Å². The van der Waals surface area contributed by atoms with Gasteiger partial charge in [-0.2, -0.15) is 11.8 Å². The van der Waals surface area contributed by atoms with E-state index in [-0.39, 0.29) is 0 Å². The van der Waals surface area contributed by atoms with Crippen LogP contribution in [0.3, 0.4) is 0 Å². The predicted octanol–water partition coefficient (Wildman–Crippen LogP) is 1.73. The molecule has 2 nitrogen and oxygen atoms in total. The monoisotopic (exact) mass is 202 g/mol. The van der Waals surface area contributed by atoms with Gasteiger partial charge in [0.05, 0.1) is 0 Å². The Morgan fingerprint density at radius 1 is 1.31 bits per heavy atom. The van der Waals surface area contributed by atoms with Crippen molar-refractivity contribution in [1.82, 2.24) is 0 Å². The van der Waals surface area contributed by atoms with Gasteiger partial charge in [-0.05, 0) is 44.8 Å². The van der Waals surface area contributed by atoms with Crippen molar-refractivity contribution in [3.63, 3.8) is 0 Å². The molecule has 0 aliphatic heterocycles. The largest absolute Gasteiger partial charge is 0.328 e. The molecule has 4 N–H and O–H groups in total. The zero-order valence-corrected chi connectivity index (χ0v) is 9.35. The number of hydrogen-bond donors (Lipinski definition) is 2. The molecule has 13 heavy (non-hydrogen) atoms. The Morgan fingerprint density at radius 3 is 2.46 bits per heavy atom. The maximum Gasteiger partial charge on any atom is 0.00482 e. The minimum atomic E-state index is 0.360. The molecule has 1 rings (SSSR count). The molecule has 0 heterocycles. The van der Waals surface area contributed by atoms with Crippen molar-refractivity contribution in [1.29, 1.82) is 0 Å². The Hall–Kier alpha value is 0.270. The fraction of sp³-hybridized carbons (Fsp3) is 1.00. The lowest BCUT2D eigenvalue weighted by Crippen LogP contribution is -2.27. The maximum atomic E-state index is 5.84. The van der Waals surface area contributed by atoms with Crippen LogP contribution in [0.5, 0.6) is 0 Å². The second-order valence-corrected chi connectivity index (χ2v) is 5.58. The summed E-state index contributed by atoms with van der Waals surface area (Å²) in [6.07, 6.45) is 6.20. The smallest absolute Gasteiger partial charge is 0.00482 e. The first-order valence-corrected chi connectivity index (χ1v) is 6.36. The van der Waals surface area contributed by atoms with Crippen LogP contribution < -0.4 is 11.5 Å². The zero-order valence-electron chi connectivity index (χ0n) is 8.54. The van der Waals surface area contributed by atoms with E-state index in [0.29, 0.717) is 12.1 Å². The summed E-state index contributed by atoms with van der Waals surface area (Å²) in [6.45, 7) is 2.08. The molecule has 0 saturated heterocycles. The molecule has 1 fully saturated rings. The maximum absolute atomic E-state index is 5.84. The van der Waals surface area contributed by atoms with Crippen molar-refractivity contribution < 1.29 is 0 Å². The Morgan fingerprint density at radius 2 is 1.92 bits per heavy atom. The molecule has 1 unspecified atom stereocenters. The molecule has 0 aromatic rings. The molecule has 0 aromatic carbocycles. The van der Waals surface area contributed by atoms with Crippen LogP contribution in [0.1, 0.15) is 39.0 Å². The van der Waals surface area contributed by atoms with E-state index in [0.717, 1.165) is 11.7 Å². The summed E-state index contributed by atoms with van der Waals surface area (Å²) in [4.78, 5) is 0. The molecule has 0 aromatic heterocycles. The fourth-order valence-electron chi connectivity index (χ4n) is 1.68. The molecule has 3 heteroatoms. The van der Waals surface area contributed by atoms with E-state index in [1.807, 2.05) is 0 Å². The van der Waals surface area contributed by atoms with Gasteiger partial charge in [0.2, 0.25) is 0 Å². The molecular weight excluding hydrogens is 180 g/mol. The van der Waals surface area contributed by atoms with Crippen molar-refractivity contribution in [3.05, 3.63) is 0 Å². The Labute approximate surface area is 85.8 Å². The van der Waals surface area contributed by atoms with E-state index in [1.54, 1.807) is 0 Å². The molecule has 0 bridgehead atoms. The molecule has 0 amide bonds. The van der Waals surface area contributed by atoms with E-state index in [9.17, 15) is 0 Å². The fourth-order valence-corrected chi connectivity index (χ4v) is 3.12. The molecule has 1 aliphatic carbocycles. The molecule has 0 spiro atoms. The summed E-state index contributed by atoms with van der Waals surface area (Å²) in [5.74, 6) is 1.22. The van der Waals surface area contributed by atoms with Crippen molar-refractivity contribution in [3.8, 4) is 0 Å². The quantitative estimate of drug-likeness (QED) is 0.730. The highest BCUT2D eigenvalue weighted by molar-refractivity contribution is 7.99. The summed E-state index contributed by atoms with van der Waals surface area (Å²) in [5.41, 5.74) is 11.5. The van der Waals surface area contributed by atoms with Crippen LogP contribution >= 0.6 is 11.8 Å². The summed E-state index contributed by atoms with van der Waals surface area (Å²) < 4.78 is 0. The minimum absolute atomic E-state index is 0.360. The lowest BCUT2D eigenvalue weighted by molar-refractivity contribution is 0.450. The van der Waals surface area contributed by atoms with Crippen molar-refractivity contribution in [2.24, 2.45) is 11.5 Å². The second-order valence-electron chi connectivity index (χ2n) is 4.17. The molecule has 1 aliphatic rings. The third kappa shape index (κ3) is 4.89. The molecule has 1 saturated carbocycles. The normalized spacial score (nSPS) is 31.6. The predicted molar refractivity (Wildman–Crippen MR) is 61.0 cm³/mol. The van der Waals surface area contributed by atoms with Crippen LogP contribution in [-0.4, -0.2) is 23.1 Å². The number of nitrogens with two attached hydrogens (primary N) is 2. The second kappa shape index (κ2) is 5.89. The van der Waals surface area contributed by atoms with Crippen LogP contribution in [0.15, 0.2) is 0 Å². The molecule has 1 atom stereocenters. The van der Waals surface area contributed by atoms with Gasteiger partial charge in [-0.25, -0.2) is 0 Å². The van der Waals surface area contributed by atoms with Gasteiger partial charge >= 0.3 is 0 Å². The Bertz CT molecular complexity index is 131. The van der Waals surface area contributed by atoms with Crippen LogP contribution in [-0.2, 0) is 0 Å². The Kier molecular flexibility index (Phi) is 5.14.